The van der Waals surface area contributed by atoms with Crippen LogP contribution in [0.25, 0.3) is 11.1 Å². The fourth-order valence-corrected chi connectivity index (χ4v) is 1.56. The van der Waals surface area contributed by atoms with E-state index in [2.05, 4.69) is 41.8 Å². The highest BCUT2D eigenvalue weighted by Gasteiger charge is 1.96. The third kappa shape index (κ3) is 3.07. The molecule has 0 saturated carbocycles. The molecular formula is C13H15ClN2. The van der Waals surface area contributed by atoms with Crippen molar-refractivity contribution >= 4 is 12.4 Å². The maximum absolute atomic E-state index is 5.26. The van der Waals surface area contributed by atoms with Crippen LogP contribution in [0.15, 0.2) is 54.6 Å². The third-order valence-corrected chi connectivity index (χ3v) is 2.37. The van der Waals surface area contributed by atoms with E-state index in [0.29, 0.717) is 6.54 Å². The van der Waals surface area contributed by atoms with Crippen LogP contribution in [-0.2, 0) is 6.54 Å². The second kappa shape index (κ2) is 6.28. The van der Waals surface area contributed by atoms with Gasteiger partial charge in [-0.3, -0.25) is 11.3 Å². The SMILES string of the molecule is Cl.NNCc1ccc(-c2ccccc2)cc1. The largest absolute Gasteiger partial charge is 0.271 e. The normalized spacial score (nSPS) is 9.56. The van der Waals surface area contributed by atoms with E-state index in [1.54, 1.807) is 0 Å². The van der Waals surface area contributed by atoms with Crippen LogP contribution < -0.4 is 11.3 Å². The van der Waals surface area contributed by atoms with Crippen molar-refractivity contribution in [3.8, 4) is 11.1 Å². The van der Waals surface area contributed by atoms with Gasteiger partial charge in [0.15, 0.2) is 0 Å². The monoisotopic (exact) mass is 234 g/mol. The van der Waals surface area contributed by atoms with Gasteiger partial charge in [0.05, 0.1) is 0 Å². The lowest BCUT2D eigenvalue weighted by Gasteiger charge is -2.03. The molecule has 0 unspecified atom stereocenters. The highest BCUT2D eigenvalue weighted by atomic mass is 35.5. The molecule has 0 aliphatic rings. The first-order valence-electron chi connectivity index (χ1n) is 4.98. The Kier molecular flexibility index (Phi) is 4.99. The van der Waals surface area contributed by atoms with E-state index < -0.39 is 0 Å². The van der Waals surface area contributed by atoms with Gasteiger partial charge in [-0.1, -0.05) is 54.6 Å². The first kappa shape index (κ1) is 12.7. The average Bonchev–Trinajstić information content (AvgIpc) is 2.32. The summed E-state index contributed by atoms with van der Waals surface area (Å²) in [4.78, 5) is 0. The van der Waals surface area contributed by atoms with Gasteiger partial charge in [0.2, 0.25) is 0 Å². The van der Waals surface area contributed by atoms with Crippen molar-refractivity contribution in [1.29, 1.82) is 0 Å². The molecule has 2 nitrogen and oxygen atoms in total. The number of rotatable bonds is 3. The van der Waals surface area contributed by atoms with Gasteiger partial charge in [0, 0.05) is 6.54 Å². The minimum atomic E-state index is 0. The Morgan fingerprint density at radius 3 is 1.94 bits per heavy atom. The van der Waals surface area contributed by atoms with Gasteiger partial charge < -0.3 is 0 Å². The Bertz CT molecular complexity index is 412. The van der Waals surface area contributed by atoms with Crippen LogP contribution in [0.3, 0.4) is 0 Å². The number of nitrogens with two attached hydrogens (primary N) is 1. The van der Waals surface area contributed by atoms with Crippen LogP contribution in [0, 0.1) is 0 Å². The van der Waals surface area contributed by atoms with Crippen LogP contribution in [-0.4, -0.2) is 0 Å². The number of hydrogen-bond donors (Lipinski definition) is 2. The van der Waals surface area contributed by atoms with E-state index >= 15 is 0 Å². The van der Waals surface area contributed by atoms with Gasteiger partial charge in [-0.25, -0.2) is 0 Å². The van der Waals surface area contributed by atoms with E-state index in [0.717, 1.165) is 0 Å². The minimum absolute atomic E-state index is 0. The molecule has 0 fully saturated rings. The molecule has 2 aromatic carbocycles. The Hall–Kier alpha value is -1.35. The molecular weight excluding hydrogens is 220 g/mol. The zero-order chi connectivity index (χ0) is 10.5. The van der Waals surface area contributed by atoms with E-state index in [9.17, 15) is 0 Å². The van der Waals surface area contributed by atoms with E-state index in [4.69, 9.17) is 5.84 Å². The number of nitrogens with one attached hydrogen (secondary N) is 1. The molecule has 0 saturated heterocycles. The average molecular weight is 235 g/mol. The van der Waals surface area contributed by atoms with Crippen molar-refractivity contribution < 1.29 is 0 Å². The molecule has 0 bridgehead atoms. The summed E-state index contributed by atoms with van der Waals surface area (Å²) in [5.41, 5.74) is 6.31. The maximum Gasteiger partial charge on any atom is 0.0348 e. The molecule has 0 radical (unpaired) electrons. The van der Waals surface area contributed by atoms with Crippen molar-refractivity contribution in [2.24, 2.45) is 5.84 Å². The summed E-state index contributed by atoms with van der Waals surface area (Å²) in [6.07, 6.45) is 0. The fraction of sp³-hybridized carbons (Fsp3) is 0.0769. The van der Waals surface area contributed by atoms with Crippen molar-refractivity contribution in [1.82, 2.24) is 5.43 Å². The van der Waals surface area contributed by atoms with E-state index in [1.165, 1.54) is 16.7 Å². The molecule has 0 atom stereocenters. The predicted octanol–water partition coefficient (Wildman–Crippen LogP) is 2.74. The second-order valence-electron chi connectivity index (χ2n) is 3.44. The zero-order valence-corrected chi connectivity index (χ0v) is 9.71. The fourth-order valence-electron chi connectivity index (χ4n) is 1.56. The molecule has 0 aliphatic carbocycles. The molecule has 2 aromatic rings. The Labute approximate surface area is 102 Å². The summed E-state index contributed by atoms with van der Waals surface area (Å²) in [6, 6.07) is 18.7. The molecule has 3 N–H and O–H groups in total. The molecule has 0 aliphatic heterocycles. The van der Waals surface area contributed by atoms with Gasteiger partial charge in [0.25, 0.3) is 0 Å². The Balaban J connectivity index is 0.00000128. The molecule has 0 amide bonds. The molecule has 2 rings (SSSR count). The highest BCUT2D eigenvalue weighted by Crippen LogP contribution is 2.18. The smallest absolute Gasteiger partial charge is 0.0348 e. The van der Waals surface area contributed by atoms with Gasteiger partial charge >= 0.3 is 0 Å². The standard InChI is InChI=1S/C13H14N2.ClH/c14-15-10-11-6-8-13(9-7-11)12-4-2-1-3-5-12;/h1-9,15H,10,14H2;1H. The first-order valence-corrected chi connectivity index (χ1v) is 4.98. The first-order chi connectivity index (χ1) is 7.40. The minimum Gasteiger partial charge on any atom is -0.271 e. The van der Waals surface area contributed by atoms with Crippen LogP contribution in [0.5, 0.6) is 0 Å². The lowest BCUT2D eigenvalue weighted by Crippen LogP contribution is -2.20. The predicted molar refractivity (Wildman–Crippen MR) is 70.2 cm³/mol. The quantitative estimate of drug-likeness (QED) is 0.633. The number of benzene rings is 2. The van der Waals surface area contributed by atoms with Gasteiger partial charge in [0.1, 0.15) is 0 Å². The van der Waals surface area contributed by atoms with Gasteiger partial charge in [-0.2, -0.15) is 0 Å². The molecule has 0 heterocycles. The lowest BCUT2D eigenvalue weighted by atomic mass is 10.0. The lowest BCUT2D eigenvalue weighted by molar-refractivity contribution is 0.741. The summed E-state index contributed by atoms with van der Waals surface area (Å²) >= 11 is 0. The molecule has 0 spiro atoms. The molecule has 16 heavy (non-hydrogen) atoms. The highest BCUT2D eigenvalue weighted by molar-refractivity contribution is 5.85. The van der Waals surface area contributed by atoms with Crippen molar-refractivity contribution in [2.75, 3.05) is 0 Å². The Morgan fingerprint density at radius 1 is 0.812 bits per heavy atom. The second-order valence-corrected chi connectivity index (χ2v) is 3.44. The maximum atomic E-state index is 5.26. The third-order valence-electron chi connectivity index (χ3n) is 2.37. The van der Waals surface area contributed by atoms with Crippen LogP contribution in [0.4, 0.5) is 0 Å². The number of hydrogen-bond acceptors (Lipinski definition) is 2. The topological polar surface area (TPSA) is 38.0 Å². The summed E-state index contributed by atoms with van der Waals surface area (Å²) in [5, 5.41) is 0. The summed E-state index contributed by atoms with van der Waals surface area (Å²) < 4.78 is 0. The van der Waals surface area contributed by atoms with E-state index in [-0.39, 0.29) is 12.4 Å². The summed E-state index contributed by atoms with van der Waals surface area (Å²) in [5.74, 6) is 5.26. The van der Waals surface area contributed by atoms with Gasteiger partial charge in [-0.05, 0) is 16.7 Å². The van der Waals surface area contributed by atoms with Crippen molar-refractivity contribution in [3.05, 3.63) is 60.2 Å². The zero-order valence-electron chi connectivity index (χ0n) is 8.89. The van der Waals surface area contributed by atoms with Crippen molar-refractivity contribution in [3.63, 3.8) is 0 Å². The Morgan fingerprint density at radius 2 is 1.38 bits per heavy atom. The van der Waals surface area contributed by atoms with E-state index in [1.807, 2.05) is 18.2 Å². The van der Waals surface area contributed by atoms with Crippen LogP contribution >= 0.6 is 12.4 Å². The number of halogens is 1. The van der Waals surface area contributed by atoms with Crippen LogP contribution in [0.1, 0.15) is 5.56 Å². The molecule has 84 valence electrons. The molecule has 0 aromatic heterocycles. The van der Waals surface area contributed by atoms with Crippen LogP contribution in [0.2, 0.25) is 0 Å². The summed E-state index contributed by atoms with van der Waals surface area (Å²) in [7, 11) is 0. The summed E-state index contributed by atoms with van der Waals surface area (Å²) in [6.45, 7) is 0.703. The molecule has 3 heteroatoms. The number of hydrazine groups is 1. The van der Waals surface area contributed by atoms with Crippen molar-refractivity contribution in [2.45, 2.75) is 6.54 Å². The van der Waals surface area contributed by atoms with Gasteiger partial charge in [-0.15, -0.1) is 12.4 Å².